The highest BCUT2D eigenvalue weighted by Crippen LogP contribution is 2.23. The van der Waals surface area contributed by atoms with Crippen LogP contribution in [0.5, 0.6) is 0 Å². The number of carbonyl (C=O) groups excluding carboxylic acids is 1. The van der Waals surface area contributed by atoms with Crippen molar-refractivity contribution in [3.05, 3.63) is 35.4 Å². The van der Waals surface area contributed by atoms with Gasteiger partial charge in [0, 0.05) is 39.1 Å². The summed E-state index contributed by atoms with van der Waals surface area (Å²) in [7, 11) is 1.82. The zero-order chi connectivity index (χ0) is 17.5. The summed E-state index contributed by atoms with van der Waals surface area (Å²) in [5.41, 5.74) is 2.82. The lowest BCUT2D eigenvalue weighted by molar-refractivity contribution is -0.125. The van der Waals surface area contributed by atoms with E-state index >= 15 is 0 Å². The largest absolute Gasteiger partial charge is 0.354 e. The maximum atomic E-state index is 12.2. The van der Waals surface area contributed by atoms with E-state index in [0.717, 1.165) is 38.3 Å². The highest BCUT2D eigenvalue weighted by Gasteiger charge is 2.21. The van der Waals surface area contributed by atoms with Crippen LogP contribution in [0.25, 0.3) is 0 Å². The lowest BCUT2D eigenvalue weighted by atomic mass is 9.89. The molecule has 0 radical (unpaired) electrons. The molecular weight excluding hydrogens is 312 g/mol. The summed E-state index contributed by atoms with van der Waals surface area (Å²) in [6, 6.07) is 8.61. The van der Waals surface area contributed by atoms with Crippen LogP contribution in [0.3, 0.4) is 0 Å². The molecule has 1 fully saturated rings. The molecule has 2 N–H and O–H groups in total. The van der Waals surface area contributed by atoms with Crippen LogP contribution in [-0.2, 0) is 17.8 Å². The number of nitrogens with one attached hydrogen (secondary N) is 2. The first-order valence-corrected chi connectivity index (χ1v) is 9.58. The Morgan fingerprint density at radius 2 is 1.84 bits per heavy atom. The van der Waals surface area contributed by atoms with Crippen LogP contribution in [0.4, 0.5) is 0 Å². The van der Waals surface area contributed by atoms with Crippen molar-refractivity contribution >= 4 is 11.9 Å². The lowest BCUT2D eigenvalue weighted by Gasteiger charge is -2.31. The van der Waals surface area contributed by atoms with Gasteiger partial charge in [-0.25, -0.2) is 0 Å². The van der Waals surface area contributed by atoms with Crippen molar-refractivity contribution in [3.8, 4) is 0 Å². The first-order chi connectivity index (χ1) is 12.3. The Bertz CT molecular complexity index is 607. The summed E-state index contributed by atoms with van der Waals surface area (Å²) >= 11 is 0. The molecule has 0 spiro atoms. The Hall–Kier alpha value is -2.04. The summed E-state index contributed by atoms with van der Waals surface area (Å²) in [6.07, 6.45) is 6.82. The van der Waals surface area contributed by atoms with Crippen molar-refractivity contribution in [2.45, 2.75) is 45.1 Å². The van der Waals surface area contributed by atoms with E-state index in [-0.39, 0.29) is 11.8 Å². The number of fused-ring (bicyclic) bond motifs is 1. The third-order valence-corrected chi connectivity index (χ3v) is 5.33. The Morgan fingerprint density at radius 1 is 1.12 bits per heavy atom. The van der Waals surface area contributed by atoms with Crippen LogP contribution in [0, 0.1) is 5.92 Å². The molecule has 2 aliphatic rings. The first kappa shape index (κ1) is 17.8. The topological polar surface area (TPSA) is 56.7 Å². The molecule has 1 amide bonds. The van der Waals surface area contributed by atoms with Gasteiger partial charge in [-0.05, 0) is 30.4 Å². The Kier molecular flexibility index (Phi) is 6.31. The molecule has 136 valence electrons. The normalized spacial score (nSPS) is 18.6. The molecule has 5 heteroatoms. The molecule has 0 atom stereocenters. The predicted molar refractivity (Wildman–Crippen MR) is 102 cm³/mol. The Labute approximate surface area is 150 Å². The van der Waals surface area contributed by atoms with Gasteiger partial charge in [-0.15, -0.1) is 0 Å². The molecule has 1 aliphatic heterocycles. The molecule has 0 aromatic heterocycles. The van der Waals surface area contributed by atoms with Crippen LogP contribution >= 0.6 is 0 Å². The van der Waals surface area contributed by atoms with Gasteiger partial charge >= 0.3 is 0 Å². The minimum absolute atomic E-state index is 0.225. The third-order valence-electron chi connectivity index (χ3n) is 5.33. The van der Waals surface area contributed by atoms with Gasteiger partial charge in [0.15, 0.2) is 5.96 Å². The molecule has 25 heavy (non-hydrogen) atoms. The number of benzene rings is 1. The molecule has 0 saturated heterocycles. The van der Waals surface area contributed by atoms with E-state index in [2.05, 4.69) is 44.8 Å². The summed E-state index contributed by atoms with van der Waals surface area (Å²) in [6.45, 7) is 3.23. The van der Waals surface area contributed by atoms with E-state index in [1.165, 1.54) is 30.4 Å². The fourth-order valence-corrected chi connectivity index (χ4v) is 3.88. The van der Waals surface area contributed by atoms with Crippen LogP contribution < -0.4 is 10.6 Å². The molecule has 5 nitrogen and oxygen atoms in total. The highest BCUT2D eigenvalue weighted by atomic mass is 16.1. The van der Waals surface area contributed by atoms with E-state index in [1.54, 1.807) is 0 Å². The second-order valence-corrected chi connectivity index (χ2v) is 7.04. The van der Waals surface area contributed by atoms with E-state index in [0.29, 0.717) is 13.1 Å². The van der Waals surface area contributed by atoms with E-state index in [4.69, 9.17) is 0 Å². The zero-order valence-corrected chi connectivity index (χ0v) is 15.3. The van der Waals surface area contributed by atoms with Gasteiger partial charge in [0.1, 0.15) is 0 Å². The van der Waals surface area contributed by atoms with Crippen LogP contribution in [0.1, 0.15) is 43.2 Å². The fourth-order valence-electron chi connectivity index (χ4n) is 3.88. The minimum Gasteiger partial charge on any atom is -0.354 e. The summed E-state index contributed by atoms with van der Waals surface area (Å²) < 4.78 is 0. The number of hydrogen-bond acceptors (Lipinski definition) is 2. The van der Waals surface area contributed by atoms with Gasteiger partial charge in [-0.3, -0.25) is 9.79 Å². The maximum absolute atomic E-state index is 12.2. The molecule has 1 aliphatic carbocycles. The van der Waals surface area contributed by atoms with Crippen LogP contribution in [0.2, 0.25) is 0 Å². The van der Waals surface area contributed by atoms with Crippen molar-refractivity contribution in [2.75, 3.05) is 26.7 Å². The van der Waals surface area contributed by atoms with Gasteiger partial charge < -0.3 is 15.5 Å². The van der Waals surface area contributed by atoms with Crippen LogP contribution in [-0.4, -0.2) is 43.4 Å². The van der Waals surface area contributed by atoms with Crippen molar-refractivity contribution < 1.29 is 4.79 Å². The number of hydrogen-bond donors (Lipinski definition) is 2. The lowest BCUT2D eigenvalue weighted by Crippen LogP contribution is -2.46. The van der Waals surface area contributed by atoms with Gasteiger partial charge in [0.05, 0.1) is 0 Å². The summed E-state index contributed by atoms with van der Waals surface area (Å²) in [5, 5.41) is 6.46. The molecular formula is C20H30N4O. The molecule has 1 saturated carbocycles. The smallest absolute Gasteiger partial charge is 0.223 e. The third kappa shape index (κ3) is 4.74. The van der Waals surface area contributed by atoms with E-state index in [1.807, 2.05) is 7.05 Å². The van der Waals surface area contributed by atoms with Crippen LogP contribution in [0.15, 0.2) is 29.3 Å². The number of carbonyl (C=O) groups is 1. The maximum Gasteiger partial charge on any atom is 0.223 e. The average molecular weight is 342 g/mol. The molecule has 0 bridgehead atoms. The number of guanidine groups is 1. The van der Waals surface area contributed by atoms with E-state index < -0.39 is 0 Å². The van der Waals surface area contributed by atoms with Gasteiger partial charge in [-0.2, -0.15) is 0 Å². The Balaban J connectivity index is 1.42. The quantitative estimate of drug-likeness (QED) is 0.502. The molecule has 3 rings (SSSR count). The average Bonchev–Trinajstić information content (AvgIpc) is 2.68. The zero-order valence-electron chi connectivity index (χ0n) is 15.3. The second-order valence-electron chi connectivity index (χ2n) is 7.04. The van der Waals surface area contributed by atoms with Crippen molar-refractivity contribution in [1.82, 2.24) is 15.5 Å². The molecule has 1 heterocycles. The molecule has 0 unspecified atom stereocenters. The fraction of sp³-hybridized carbons (Fsp3) is 0.600. The second kappa shape index (κ2) is 8.88. The monoisotopic (exact) mass is 342 g/mol. The summed E-state index contributed by atoms with van der Waals surface area (Å²) in [4.78, 5) is 18.9. The number of aliphatic imine (C=N–C) groups is 1. The number of amides is 1. The number of nitrogens with zero attached hydrogens (tertiary/aromatic N) is 2. The molecule has 1 aromatic rings. The van der Waals surface area contributed by atoms with E-state index in [9.17, 15) is 4.79 Å². The minimum atomic E-state index is 0.225. The Morgan fingerprint density at radius 3 is 2.60 bits per heavy atom. The van der Waals surface area contributed by atoms with Gasteiger partial charge in [0.2, 0.25) is 5.91 Å². The standard InChI is InChI=1S/C20H30N4O/c1-21-20(24-14-11-16-7-5-6-10-18(16)15-24)23-13-12-22-19(25)17-8-3-2-4-9-17/h5-7,10,17H,2-4,8-9,11-15H2,1H3,(H,21,23)(H,22,25). The van der Waals surface area contributed by atoms with Crippen molar-refractivity contribution in [1.29, 1.82) is 0 Å². The first-order valence-electron chi connectivity index (χ1n) is 9.58. The van der Waals surface area contributed by atoms with Crippen molar-refractivity contribution in [2.24, 2.45) is 10.9 Å². The molecule has 1 aromatic carbocycles. The highest BCUT2D eigenvalue weighted by molar-refractivity contribution is 5.80. The number of rotatable bonds is 4. The summed E-state index contributed by atoms with van der Waals surface area (Å²) in [5.74, 6) is 1.37. The SMILES string of the molecule is CN=C(NCCNC(=O)C1CCCCC1)N1CCc2ccccc2C1. The predicted octanol–water partition coefficient (Wildman–Crippen LogP) is 2.32. The van der Waals surface area contributed by atoms with Crippen molar-refractivity contribution in [3.63, 3.8) is 0 Å². The van der Waals surface area contributed by atoms with Gasteiger partial charge in [-0.1, -0.05) is 43.5 Å². The van der Waals surface area contributed by atoms with Gasteiger partial charge in [0.25, 0.3) is 0 Å².